The van der Waals surface area contributed by atoms with Crippen LogP contribution in [0.5, 0.6) is 0 Å². The molecule has 0 spiro atoms. The van der Waals surface area contributed by atoms with E-state index >= 15 is 0 Å². The summed E-state index contributed by atoms with van der Waals surface area (Å²) in [6.45, 7) is 3.06. The third-order valence-electron chi connectivity index (χ3n) is 3.62. The van der Waals surface area contributed by atoms with Crippen LogP contribution >= 0.6 is 0 Å². The van der Waals surface area contributed by atoms with Crippen LogP contribution in [0.1, 0.15) is 18.5 Å². The van der Waals surface area contributed by atoms with Gasteiger partial charge in [-0.15, -0.1) is 5.10 Å². The molecule has 1 aliphatic rings. The molecular weight excluding hydrogens is 238 g/mol. The molecule has 1 N–H and O–H groups in total. The van der Waals surface area contributed by atoms with Crippen LogP contribution < -0.4 is 10.2 Å². The van der Waals surface area contributed by atoms with Crippen molar-refractivity contribution < 1.29 is 0 Å². The summed E-state index contributed by atoms with van der Waals surface area (Å²) in [5.41, 5.74) is 3.57. The van der Waals surface area contributed by atoms with Gasteiger partial charge in [-0.1, -0.05) is 17.3 Å². The topological polar surface area (TPSA) is 46.0 Å². The van der Waals surface area contributed by atoms with E-state index in [0.717, 1.165) is 25.3 Å². The SMILES string of the molecule is Cn1nncc1CNc1ccccc1N1CCCC1. The predicted molar refractivity (Wildman–Crippen MR) is 76.2 cm³/mol. The fourth-order valence-electron chi connectivity index (χ4n) is 2.51. The summed E-state index contributed by atoms with van der Waals surface area (Å²) in [5.74, 6) is 0. The minimum atomic E-state index is 0.744. The fraction of sp³-hybridized carbons (Fsp3) is 0.429. The van der Waals surface area contributed by atoms with E-state index in [1.165, 1.54) is 24.2 Å². The van der Waals surface area contributed by atoms with Gasteiger partial charge in [-0.3, -0.25) is 4.68 Å². The van der Waals surface area contributed by atoms with E-state index in [-0.39, 0.29) is 0 Å². The largest absolute Gasteiger partial charge is 0.378 e. The Kier molecular flexibility index (Phi) is 3.35. The van der Waals surface area contributed by atoms with E-state index in [1.54, 1.807) is 10.9 Å². The van der Waals surface area contributed by atoms with E-state index in [1.807, 2.05) is 7.05 Å². The monoisotopic (exact) mass is 257 g/mol. The average molecular weight is 257 g/mol. The Morgan fingerprint density at radius 3 is 2.74 bits per heavy atom. The summed E-state index contributed by atoms with van der Waals surface area (Å²) in [5, 5.41) is 11.3. The molecule has 1 aromatic heterocycles. The number of aromatic nitrogens is 3. The van der Waals surface area contributed by atoms with Crippen LogP contribution in [0.3, 0.4) is 0 Å². The Labute approximate surface area is 113 Å². The third kappa shape index (κ3) is 2.54. The molecule has 0 atom stereocenters. The average Bonchev–Trinajstić information content (AvgIpc) is 3.08. The molecule has 5 heteroatoms. The Morgan fingerprint density at radius 2 is 2.00 bits per heavy atom. The van der Waals surface area contributed by atoms with Gasteiger partial charge >= 0.3 is 0 Å². The maximum atomic E-state index is 3.95. The van der Waals surface area contributed by atoms with E-state index < -0.39 is 0 Å². The highest BCUT2D eigenvalue weighted by Crippen LogP contribution is 2.28. The van der Waals surface area contributed by atoms with Gasteiger partial charge in [0.15, 0.2) is 0 Å². The lowest BCUT2D eigenvalue weighted by atomic mass is 10.2. The van der Waals surface area contributed by atoms with E-state index in [4.69, 9.17) is 0 Å². The van der Waals surface area contributed by atoms with E-state index in [9.17, 15) is 0 Å². The van der Waals surface area contributed by atoms with Gasteiger partial charge in [-0.2, -0.15) is 0 Å². The Bertz CT molecular complexity index is 542. The molecule has 5 nitrogen and oxygen atoms in total. The molecule has 1 fully saturated rings. The number of benzene rings is 1. The number of anilines is 2. The van der Waals surface area contributed by atoms with Gasteiger partial charge in [0, 0.05) is 20.1 Å². The zero-order chi connectivity index (χ0) is 13.1. The Hall–Kier alpha value is -2.04. The number of rotatable bonds is 4. The molecule has 0 unspecified atom stereocenters. The highest BCUT2D eigenvalue weighted by molar-refractivity contribution is 5.70. The van der Waals surface area contributed by atoms with Gasteiger partial charge in [-0.05, 0) is 25.0 Å². The van der Waals surface area contributed by atoms with Crippen LogP contribution in [-0.2, 0) is 13.6 Å². The van der Waals surface area contributed by atoms with Crippen molar-refractivity contribution >= 4 is 11.4 Å². The van der Waals surface area contributed by atoms with Gasteiger partial charge in [0.1, 0.15) is 0 Å². The summed E-state index contributed by atoms with van der Waals surface area (Å²) >= 11 is 0. The molecule has 19 heavy (non-hydrogen) atoms. The number of para-hydroxylation sites is 2. The second-order valence-electron chi connectivity index (χ2n) is 4.91. The number of nitrogens with zero attached hydrogens (tertiary/aromatic N) is 4. The molecule has 3 rings (SSSR count). The highest BCUT2D eigenvalue weighted by atomic mass is 15.4. The molecule has 0 bridgehead atoms. The smallest absolute Gasteiger partial charge is 0.0774 e. The van der Waals surface area contributed by atoms with Crippen molar-refractivity contribution in [1.82, 2.24) is 15.0 Å². The first-order valence-corrected chi connectivity index (χ1v) is 6.76. The molecule has 100 valence electrons. The van der Waals surface area contributed by atoms with Crippen LogP contribution in [0, 0.1) is 0 Å². The molecule has 2 heterocycles. The second-order valence-corrected chi connectivity index (χ2v) is 4.91. The summed E-state index contributed by atoms with van der Waals surface area (Å²) in [4.78, 5) is 2.45. The molecule has 0 amide bonds. The summed E-state index contributed by atoms with van der Waals surface area (Å²) in [6.07, 6.45) is 4.38. The Balaban J connectivity index is 1.75. The van der Waals surface area contributed by atoms with Crippen LogP contribution in [-0.4, -0.2) is 28.1 Å². The van der Waals surface area contributed by atoms with Crippen molar-refractivity contribution in [3.05, 3.63) is 36.2 Å². The van der Waals surface area contributed by atoms with E-state index in [0.29, 0.717) is 0 Å². The summed E-state index contributed by atoms with van der Waals surface area (Å²) < 4.78 is 1.80. The molecule has 0 aliphatic carbocycles. The minimum absolute atomic E-state index is 0.744. The highest BCUT2D eigenvalue weighted by Gasteiger charge is 2.15. The predicted octanol–water partition coefficient (Wildman–Crippen LogP) is 2.03. The number of nitrogens with one attached hydrogen (secondary N) is 1. The molecular formula is C14H19N5. The first kappa shape index (κ1) is 12.0. The van der Waals surface area contributed by atoms with Crippen molar-refractivity contribution in [3.8, 4) is 0 Å². The molecule has 2 aromatic rings. The summed E-state index contributed by atoms with van der Waals surface area (Å²) in [7, 11) is 1.91. The Morgan fingerprint density at radius 1 is 1.21 bits per heavy atom. The van der Waals surface area contributed by atoms with Gasteiger partial charge in [0.25, 0.3) is 0 Å². The van der Waals surface area contributed by atoms with Gasteiger partial charge < -0.3 is 10.2 Å². The number of hydrogen-bond donors (Lipinski definition) is 1. The van der Waals surface area contributed by atoms with Gasteiger partial charge in [-0.25, -0.2) is 0 Å². The molecule has 0 radical (unpaired) electrons. The first-order chi connectivity index (χ1) is 9.34. The molecule has 0 saturated carbocycles. The quantitative estimate of drug-likeness (QED) is 0.910. The maximum absolute atomic E-state index is 3.95. The van der Waals surface area contributed by atoms with Gasteiger partial charge in [0.2, 0.25) is 0 Å². The van der Waals surface area contributed by atoms with Gasteiger partial charge in [0.05, 0.1) is 29.8 Å². The second kappa shape index (κ2) is 5.30. The maximum Gasteiger partial charge on any atom is 0.0774 e. The van der Waals surface area contributed by atoms with Crippen LogP contribution in [0.2, 0.25) is 0 Å². The third-order valence-corrected chi connectivity index (χ3v) is 3.62. The minimum Gasteiger partial charge on any atom is -0.378 e. The van der Waals surface area contributed by atoms with Crippen LogP contribution in [0.25, 0.3) is 0 Å². The van der Waals surface area contributed by atoms with Crippen molar-refractivity contribution in [3.63, 3.8) is 0 Å². The zero-order valence-corrected chi connectivity index (χ0v) is 11.2. The lowest BCUT2D eigenvalue weighted by molar-refractivity contribution is 0.683. The lowest BCUT2D eigenvalue weighted by Gasteiger charge is -2.21. The van der Waals surface area contributed by atoms with Crippen molar-refractivity contribution in [1.29, 1.82) is 0 Å². The van der Waals surface area contributed by atoms with Crippen molar-refractivity contribution in [2.45, 2.75) is 19.4 Å². The summed E-state index contributed by atoms with van der Waals surface area (Å²) in [6, 6.07) is 8.50. The number of hydrogen-bond acceptors (Lipinski definition) is 4. The molecule has 1 aromatic carbocycles. The fourth-order valence-corrected chi connectivity index (χ4v) is 2.51. The van der Waals surface area contributed by atoms with Crippen LogP contribution in [0.4, 0.5) is 11.4 Å². The van der Waals surface area contributed by atoms with Crippen molar-refractivity contribution in [2.24, 2.45) is 7.05 Å². The van der Waals surface area contributed by atoms with Crippen molar-refractivity contribution in [2.75, 3.05) is 23.3 Å². The first-order valence-electron chi connectivity index (χ1n) is 6.76. The zero-order valence-electron chi connectivity index (χ0n) is 11.2. The standard InChI is InChI=1S/C14H19N5/c1-18-12(11-16-17-18)10-15-13-6-2-3-7-14(13)19-8-4-5-9-19/h2-3,6-7,11,15H,4-5,8-10H2,1H3. The van der Waals surface area contributed by atoms with E-state index in [2.05, 4.69) is 44.8 Å². The number of aryl methyl sites for hydroxylation is 1. The normalized spacial score (nSPS) is 14.9. The molecule has 1 aliphatic heterocycles. The van der Waals surface area contributed by atoms with Crippen LogP contribution in [0.15, 0.2) is 30.5 Å². The lowest BCUT2D eigenvalue weighted by Crippen LogP contribution is -2.19. The molecule has 1 saturated heterocycles.